The van der Waals surface area contributed by atoms with Gasteiger partial charge in [0, 0.05) is 14.1 Å². The minimum atomic E-state index is -4.09. The molecule has 1 aromatic rings. The van der Waals surface area contributed by atoms with Crippen LogP contribution in [0, 0.1) is 0 Å². The quantitative estimate of drug-likeness (QED) is 0.597. The van der Waals surface area contributed by atoms with Gasteiger partial charge in [0.25, 0.3) is 10.0 Å². The fourth-order valence-corrected chi connectivity index (χ4v) is 4.25. The molecule has 0 saturated carbocycles. The summed E-state index contributed by atoms with van der Waals surface area (Å²) in [6.07, 6.45) is 1.09. The lowest BCUT2D eigenvalue weighted by molar-refractivity contribution is 0.581. The molecule has 1 heterocycles. The van der Waals surface area contributed by atoms with E-state index in [1.54, 1.807) is 14.1 Å². The number of rotatable bonds is 3. The van der Waals surface area contributed by atoms with Crippen LogP contribution in [0.5, 0.6) is 0 Å². The Bertz CT molecular complexity index is 803. The first-order valence-electron chi connectivity index (χ1n) is 5.67. The molecule has 0 saturated heterocycles. The third kappa shape index (κ3) is 3.28. The number of halogens is 1. The van der Waals surface area contributed by atoms with Crippen molar-refractivity contribution in [1.29, 1.82) is 0 Å². The van der Waals surface area contributed by atoms with Gasteiger partial charge in [-0.2, -0.15) is 13.1 Å². The van der Waals surface area contributed by atoms with Crippen LogP contribution < -0.4 is 10.0 Å². The molecule has 0 fully saturated rings. The lowest BCUT2D eigenvalue weighted by atomic mass is 10.3. The second kappa shape index (κ2) is 5.44. The van der Waals surface area contributed by atoms with Gasteiger partial charge < -0.3 is 10.2 Å². The summed E-state index contributed by atoms with van der Waals surface area (Å²) in [7, 11) is -4.66. The summed E-state index contributed by atoms with van der Waals surface area (Å²) in [5.74, 6) is 0. The first-order valence-corrected chi connectivity index (χ1v) is 8.97. The summed E-state index contributed by atoms with van der Waals surface area (Å²) >= 11 is 5.93. The predicted octanol–water partition coefficient (Wildman–Crippen LogP) is 0.280. The number of nitrogens with one attached hydrogen (secondary N) is 2. The van der Waals surface area contributed by atoms with Crippen LogP contribution in [0.25, 0.3) is 0 Å². The van der Waals surface area contributed by atoms with Crippen LogP contribution in [0.3, 0.4) is 0 Å². The van der Waals surface area contributed by atoms with Gasteiger partial charge in [0.2, 0.25) is 10.0 Å². The second-order valence-electron chi connectivity index (χ2n) is 4.44. The monoisotopic (exact) mass is 352 g/mol. The van der Waals surface area contributed by atoms with Crippen molar-refractivity contribution in [3.05, 3.63) is 17.2 Å². The molecule has 1 aliphatic rings. The molecule has 11 heteroatoms. The minimum absolute atomic E-state index is 0.0105. The third-order valence-corrected chi connectivity index (χ3v) is 5.69. The van der Waals surface area contributed by atoms with Crippen molar-refractivity contribution in [1.82, 2.24) is 9.62 Å². The summed E-state index contributed by atoms with van der Waals surface area (Å²) in [5, 5.41) is 2.67. The highest BCUT2D eigenvalue weighted by Crippen LogP contribution is 2.33. The Balaban J connectivity index is 2.62. The fraction of sp³-hybridized carbons (Fsp3) is 0.300. The molecule has 8 nitrogen and oxygen atoms in total. The molecular weight excluding hydrogens is 340 g/mol. The Morgan fingerprint density at radius 1 is 1.38 bits per heavy atom. The molecule has 1 aromatic carbocycles. The van der Waals surface area contributed by atoms with Gasteiger partial charge in [0.1, 0.15) is 16.1 Å². The molecule has 0 amide bonds. The Morgan fingerprint density at radius 3 is 2.67 bits per heavy atom. The van der Waals surface area contributed by atoms with E-state index in [-0.39, 0.29) is 27.2 Å². The van der Waals surface area contributed by atoms with Crippen LogP contribution in [-0.4, -0.2) is 48.8 Å². The Labute approximate surface area is 127 Å². The largest absolute Gasteiger partial charge is 0.370 e. The number of fused-ring (bicyclic) bond motifs is 1. The number of anilines is 1. The van der Waals surface area contributed by atoms with E-state index in [9.17, 15) is 16.8 Å². The highest BCUT2D eigenvalue weighted by molar-refractivity contribution is 7.91. The summed E-state index contributed by atoms with van der Waals surface area (Å²) in [6, 6.07) is 2.25. The van der Waals surface area contributed by atoms with Gasteiger partial charge in [-0.15, -0.1) is 4.40 Å². The normalized spacial score (nSPS) is 17.3. The Hall–Kier alpha value is -1.36. The lowest BCUT2D eigenvalue weighted by Gasteiger charge is -2.20. The van der Waals surface area contributed by atoms with Gasteiger partial charge in [0.15, 0.2) is 0 Å². The highest BCUT2D eigenvalue weighted by Gasteiger charge is 2.28. The predicted molar refractivity (Wildman–Crippen MR) is 79.6 cm³/mol. The summed E-state index contributed by atoms with van der Waals surface area (Å²) in [4.78, 5) is 0.885. The van der Waals surface area contributed by atoms with Crippen LogP contribution in [0.1, 0.15) is 0 Å². The average Bonchev–Trinajstić information content (AvgIpc) is 2.35. The molecule has 0 aromatic heterocycles. The van der Waals surface area contributed by atoms with Crippen molar-refractivity contribution >= 4 is 43.7 Å². The zero-order valence-corrected chi connectivity index (χ0v) is 13.5. The lowest BCUT2D eigenvalue weighted by Crippen LogP contribution is -2.34. The van der Waals surface area contributed by atoms with E-state index in [1.807, 2.05) is 0 Å². The number of sulfonamides is 2. The van der Waals surface area contributed by atoms with Gasteiger partial charge >= 0.3 is 0 Å². The number of nitrogens with zero attached hydrogens (tertiary/aromatic N) is 2. The van der Waals surface area contributed by atoms with Crippen LogP contribution in [0.4, 0.5) is 5.69 Å². The van der Waals surface area contributed by atoms with Crippen LogP contribution in [0.2, 0.25) is 5.02 Å². The maximum Gasteiger partial charge on any atom is 0.285 e. The molecule has 1 aliphatic heterocycles. The van der Waals surface area contributed by atoms with Gasteiger partial charge in [0.05, 0.1) is 17.4 Å². The fourth-order valence-electron chi connectivity index (χ4n) is 1.61. The Kier molecular flexibility index (Phi) is 4.15. The van der Waals surface area contributed by atoms with Crippen LogP contribution >= 0.6 is 11.6 Å². The number of benzene rings is 1. The zero-order chi connectivity index (χ0) is 15.8. The van der Waals surface area contributed by atoms with E-state index in [1.165, 1.54) is 11.0 Å². The van der Waals surface area contributed by atoms with Gasteiger partial charge in [-0.25, -0.2) is 8.42 Å². The molecule has 0 atom stereocenters. The zero-order valence-electron chi connectivity index (χ0n) is 11.2. The molecule has 0 unspecified atom stereocenters. The van der Waals surface area contributed by atoms with Crippen LogP contribution in [0.15, 0.2) is 26.3 Å². The molecular formula is C10H13ClN4O4S2. The van der Waals surface area contributed by atoms with E-state index in [0.29, 0.717) is 0 Å². The molecule has 21 heavy (non-hydrogen) atoms. The SMILES string of the molecule is CN(C)C=NS(=O)(=O)c1cc2c(cc1Cl)NCNS2(=O)=O. The highest BCUT2D eigenvalue weighted by atomic mass is 35.5. The molecule has 0 spiro atoms. The second-order valence-corrected chi connectivity index (χ2v) is 8.18. The van der Waals surface area contributed by atoms with Crippen molar-refractivity contribution < 1.29 is 16.8 Å². The van der Waals surface area contributed by atoms with E-state index < -0.39 is 20.0 Å². The van der Waals surface area contributed by atoms with Gasteiger partial charge in [-0.3, -0.25) is 0 Å². The molecule has 116 valence electrons. The van der Waals surface area contributed by atoms with Crippen LogP contribution in [-0.2, 0) is 20.0 Å². The van der Waals surface area contributed by atoms with Crippen molar-refractivity contribution in [3.63, 3.8) is 0 Å². The van der Waals surface area contributed by atoms with E-state index in [0.717, 1.165) is 12.4 Å². The first kappa shape index (κ1) is 16.0. The maximum atomic E-state index is 12.1. The van der Waals surface area contributed by atoms with Gasteiger partial charge in [-0.1, -0.05) is 11.6 Å². The average molecular weight is 353 g/mol. The molecule has 0 radical (unpaired) electrons. The third-order valence-electron chi connectivity index (χ3n) is 2.56. The van der Waals surface area contributed by atoms with Crippen molar-refractivity contribution in [2.24, 2.45) is 4.40 Å². The smallest absolute Gasteiger partial charge is 0.285 e. The topological polar surface area (TPSA) is 108 Å². The molecule has 2 N–H and O–H groups in total. The Morgan fingerprint density at radius 2 is 2.05 bits per heavy atom. The van der Waals surface area contributed by atoms with Crippen molar-refractivity contribution in [2.75, 3.05) is 26.1 Å². The first-order chi connectivity index (χ1) is 9.63. The molecule has 0 aliphatic carbocycles. The minimum Gasteiger partial charge on any atom is -0.370 e. The molecule has 0 bridgehead atoms. The molecule has 2 rings (SSSR count). The number of hydrogen-bond donors (Lipinski definition) is 2. The van der Waals surface area contributed by atoms with Gasteiger partial charge in [-0.05, 0) is 12.1 Å². The van der Waals surface area contributed by atoms with E-state index in [4.69, 9.17) is 11.6 Å². The number of hydrogen-bond acceptors (Lipinski definition) is 5. The maximum absolute atomic E-state index is 12.1. The van der Waals surface area contributed by atoms with Crippen molar-refractivity contribution in [3.8, 4) is 0 Å². The summed E-state index contributed by atoms with van der Waals surface area (Å²) in [6.45, 7) is 0.0105. The summed E-state index contributed by atoms with van der Waals surface area (Å²) in [5.41, 5.74) is 0.245. The van der Waals surface area contributed by atoms with E-state index >= 15 is 0 Å². The van der Waals surface area contributed by atoms with E-state index in [2.05, 4.69) is 14.4 Å². The van der Waals surface area contributed by atoms with Crippen molar-refractivity contribution in [2.45, 2.75) is 9.79 Å². The standard InChI is InChI=1S/C10H13ClN4O4S2/c1-15(2)6-14-20(16,17)9-4-10-8(3-7(9)11)12-5-13-21(10,18)19/h3-4,6,12-13H,5H2,1-2H3. The summed E-state index contributed by atoms with van der Waals surface area (Å²) < 4.78 is 53.7.